The Morgan fingerprint density at radius 2 is 2.23 bits per heavy atom. The highest BCUT2D eigenvalue weighted by atomic mass is 32.2. The predicted molar refractivity (Wildman–Crippen MR) is 121 cm³/mol. The second-order valence-electron chi connectivity index (χ2n) is 8.23. The van der Waals surface area contributed by atoms with Crippen LogP contribution in [0.2, 0.25) is 0 Å². The number of aromatic nitrogens is 3. The van der Waals surface area contributed by atoms with E-state index in [1.54, 1.807) is 12.4 Å². The maximum atomic E-state index is 11.8. The number of carbonyl (C=O) groups is 1. The number of carbonyl (C=O) groups excluding carboxylic acids is 1. The van der Waals surface area contributed by atoms with Crippen molar-refractivity contribution < 1.29 is 9.90 Å². The first-order chi connectivity index (χ1) is 15.0. The zero-order valence-electron chi connectivity index (χ0n) is 17.8. The summed E-state index contributed by atoms with van der Waals surface area (Å²) in [6, 6.07) is 2.09. The van der Waals surface area contributed by atoms with Crippen molar-refractivity contribution in [3.05, 3.63) is 35.4 Å². The Morgan fingerprint density at radius 1 is 1.45 bits per heavy atom. The molecule has 2 aliphatic rings. The second-order valence-corrected chi connectivity index (χ2v) is 9.37. The highest BCUT2D eigenvalue weighted by Gasteiger charge is 2.38. The summed E-state index contributed by atoms with van der Waals surface area (Å²) in [5.41, 5.74) is 14.1. The van der Waals surface area contributed by atoms with Gasteiger partial charge in [0.1, 0.15) is 28.0 Å². The molecule has 0 radical (unpaired) electrons. The summed E-state index contributed by atoms with van der Waals surface area (Å²) < 4.78 is 0. The molecule has 3 atom stereocenters. The highest BCUT2D eigenvalue weighted by Crippen LogP contribution is 2.44. The number of piperidine rings is 1. The number of hydrogen-bond donors (Lipinski definition) is 5. The third-order valence-corrected chi connectivity index (χ3v) is 7.36. The summed E-state index contributed by atoms with van der Waals surface area (Å²) in [6.45, 7) is 4.36. The Bertz CT molecular complexity index is 899. The Labute approximate surface area is 186 Å². The maximum absolute atomic E-state index is 11.8. The van der Waals surface area contributed by atoms with Gasteiger partial charge in [0, 0.05) is 43.6 Å². The molecule has 2 aromatic rings. The first kappa shape index (κ1) is 22.1. The number of anilines is 1. The van der Waals surface area contributed by atoms with Gasteiger partial charge in [-0.05, 0) is 30.9 Å². The smallest absolute Gasteiger partial charge is 0.232 e. The quantitative estimate of drug-likeness (QED) is 0.405. The fourth-order valence-corrected chi connectivity index (χ4v) is 5.56. The van der Waals surface area contributed by atoms with Crippen LogP contribution >= 0.6 is 11.8 Å². The van der Waals surface area contributed by atoms with Gasteiger partial charge in [-0.2, -0.15) is 0 Å². The summed E-state index contributed by atoms with van der Waals surface area (Å²) in [4.78, 5) is 26.0. The molecule has 4 rings (SSSR count). The average molecular weight is 446 g/mol. The molecule has 3 unspecified atom stereocenters. The lowest BCUT2D eigenvalue weighted by Gasteiger charge is -2.34. The van der Waals surface area contributed by atoms with E-state index in [1.165, 1.54) is 17.3 Å². The minimum atomic E-state index is -0.637. The molecule has 31 heavy (non-hydrogen) atoms. The van der Waals surface area contributed by atoms with Crippen molar-refractivity contribution in [2.24, 2.45) is 11.5 Å². The molecule has 1 saturated heterocycles. The van der Waals surface area contributed by atoms with Crippen LogP contribution < -0.4 is 21.7 Å². The fourth-order valence-electron chi connectivity index (χ4n) is 4.38. The van der Waals surface area contributed by atoms with Crippen molar-refractivity contribution in [3.8, 4) is 0 Å². The Morgan fingerprint density at radius 3 is 2.87 bits per heavy atom. The molecule has 168 valence electrons. The molecule has 4 heterocycles. The van der Waals surface area contributed by atoms with E-state index in [1.807, 2.05) is 0 Å². The van der Waals surface area contributed by atoms with Gasteiger partial charge in [0.25, 0.3) is 0 Å². The number of amides is 1. The minimum absolute atomic E-state index is 0.340. The van der Waals surface area contributed by atoms with Crippen LogP contribution in [0.25, 0.3) is 0 Å². The molecule has 2 aromatic heterocycles. The molecular weight excluding hydrogens is 414 g/mol. The largest absolute Gasteiger partial charge is 0.384 e. The van der Waals surface area contributed by atoms with Crippen LogP contribution in [0.3, 0.4) is 0 Å². The molecule has 10 heteroatoms. The number of fused-ring (bicyclic) bond motifs is 1. The lowest BCUT2D eigenvalue weighted by Crippen LogP contribution is -2.44. The van der Waals surface area contributed by atoms with Crippen LogP contribution in [-0.4, -0.2) is 56.9 Å². The number of aliphatic hydroxyl groups is 1. The molecule has 2 aliphatic heterocycles. The minimum Gasteiger partial charge on any atom is -0.384 e. The van der Waals surface area contributed by atoms with Crippen LogP contribution in [0.1, 0.15) is 55.3 Å². The number of H-pyrrole nitrogens is 1. The number of nitrogens with one attached hydrogen (secondary N) is 2. The molecule has 0 aliphatic carbocycles. The van der Waals surface area contributed by atoms with Gasteiger partial charge in [0.2, 0.25) is 5.91 Å². The normalized spacial score (nSPS) is 22.5. The van der Waals surface area contributed by atoms with Crippen molar-refractivity contribution in [3.63, 3.8) is 0 Å². The van der Waals surface area contributed by atoms with Crippen molar-refractivity contribution in [1.82, 2.24) is 20.3 Å². The fraction of sp³-hybridized carbons (Fsp3) is 0.571. The van der Waals surface area contributed by atoms with Gasteiger partial charge in [-0.3, -0.25) is 4.79 Å². The summed E-state index contributed by atoms with van der Waals surface area (Å²) in [5, 5.41) is 14.0. The van der Waals surface area contributed by atoms with E-state index in [-0.39, 0.29) is 5.91 Å². The first-order valence-electron chi connectivity index (χ1n) is 10.9. The molecule has 1 amide bonds. The molecule has 0 saturated carbocycles. The van der Waals surface area contributed by atoms with Crippen LogP contribution in [0, 0.1) is 0 Å². The molecule has 7 N–H and O–H groups in total. The summed E-state index contributed by atoms with van der Waals surface area (Å²) in [7, 11) is 0. The molecule has 0 bridgehead atoms. The number of nitrogens with two attached hydrogens (primary N) is 2. The van der Waals surface area contributed by atoms with Crippen molar-refractivity contribution in [2.45, 2.75) is 61.1 Å². The van der Waals surface area contributed by atoms with Crippen LogP contribution in [0.5, 0.6) is 0 Å². The molecule has 0 spiro atoms. The number of hydrogen-bond acceptors (Lipinski definition) is 8. The number of primary amides is 1. The van der Waals surface area contributed by atoms with E-state index in [2.05, 4.69) is 33.2 Å². The topological polar surface area (TPSA) is 146 Å². The lowest BCUT2D eigenvalue weighted by atomic mass is 9.97. The standard InChI is InChI=1S/C21H31N7O2S/c1-2-3-12-10-15(27-21-16(12)17(22)18(31-21)19(23)30)28-8-4-13(5-9-28)26-11-14(29)20-24-6-7-25-20/h6-7,10,13-14,17-18,26,29H,2-5,8-9,11,22H2,1H3,(H2,23,30)(H,24,25). The number of thioether (sulfide) groups is 1. The summed E-state index contributed by atoms with van der Waals surface area (Å²) >= 11 is 1.39. The van der Waals surface area contributed by atoms with E-state index < -0.39 is 17.4 Å². The third-order valence-electron chi connectivity index (χ3n) is 6.05. The van der Waals surface area contributed by atoms with E-state index in [4.69, 9.17) is 16.5 Å². The number of aromatic amines is 1. The van der Waals surface area contributed by atoms with Crippen molar-refractivity contribution >= 4 is 23.5 Å². The summed E-state index contributed by atoms with van der Waals surface area (Å²) in [5.74, 6) is 1.14. The summed E-state index contributed by atoms with van der Waals surface area (Å²) in [6.07, 6.45) is 6.54. The maximum Gasteiger partial charge on any atom is 0.232 e. The first-order valence-corrected chi connectivity index (χ1v) is 11.8. The van der Waals surface area contributed by atoms with Gasteiger partial charge in [0.15, 0.2) is 0 Å². The van der Waals surface area contributed by atoms with Gasteiger partial charge in [-0.15, -0.1) is 0 Å². The van der Waals surface area contributed by atoms with Gasteiger partial charge < -0.3 is 31.8 Å². The number of aryl methyl sites for hydroxylation is 1. The molecule has 1 fully saturated rings. The van der Waals surface area contributed by atoms with E-state index in [9.17, 15) is 9.90 Å². The average Bonchev–Trinajstić information content (AvgIpc) is 3.41. The molecular formula is C21H31N7O2S. The molecule has 0 aromatic carbocycles. The highest BCUT2D eigenvalue weighted by molar-refractivity contribution is 8.01. The lowest BCUT2D eigenvalue weighted by molar-refractivity contribution is -0.117. The van der Waals surface area contributed by atoms with Gasteiger partial charge in [-0.1, -0.05) is 25.1 Å². The van der Waals surface area contributed by atoms with Gasteiger partial charge >= 0.3 is 0 Å². The predicted octanol–water partition coefficient (Wildman–Crippen LogP) is 1.01. The number of aliphatic hydroxyl groups excluding tert-OH is 1. The number of imidazole rings is 1. The van der Waals surface area contributed by atoms with Crippen LogP contribution in [0.15, 0.2) is 23.5 Å². The second kappa shape index (κ2) is 9.56. The Kier molecular flexibility index (Phi) is 6.80. The number of pyridine rings is 1. The van der Waals surface area contributed by atoms with E-state index in [0.29, 0.717) is 18.4 Å². The zero-order valence-corrected chi connectivity index (χ0v) is 18.6. The van der Waals surface area contributed by atoms with Crippen LogP contribution in [0.4, 0.5) is 5.82 Å². The zero-order chi connectivity index (χ0) is 22.0. The number of rotatable bonds is 8. The SMILES string of the molecule is CCCc1cc(N2CCC(NCC(O)c3ncc[nH]3)CC2)nc2c1C(N)C(C(N)=O)S2. The Balaban J connectivity index is 1.40. The van der Waals surface area contributed by atoms with Crippen molar-refractivity contribution in [2.75, 3.05) is 24.5 Å². The van der Waals surface area contributed by atoms with Crippen LogP contribution in [-0.2, 0) is 11.2 Å². The van der Waals surface area contributed by atoms with E-state index >= 15 is 0 Å². The van der Waals surface area contributed by atoms with Gasteiger partial charge in [-0.25, -0.2) is 9.97 Å². The number of nitrogens with zero attached hydrogens (tertiary/aromatic N) is 3. The Hall–Kier alpha value is -2.14. The molecule has 9 nitrogen and oxygen atoms in total. The van der Waals surface area contributed by atoms with Gasteiger partial charge in [0.05, 0.1) is 6.04 Å². The monoisotopic (exact) mass is 445 g/mol. The van der Waals surface area contributed by atoms with Crippen molar-refractivity contribution in [1.29, 1.82) is 0 Å². The third kappa shape index (κ3) is 4.72. The van der Waals surface area contributed by atoms with E-state index in [0.717, 1.165) is 55.2 Å².